The van der Waals surface area contributed by atoms with Crippen LogP contribution in [0.4, 0.5) is 0 Å². The van der Waals surface area contributed by atoms with Crippen molar-refractivity contribution in [3.05, 3.63) is 6.33 Å². The predicted molar refractivity (Wildman–Crippen MR) is 76.6 cm³/mol. The molecule has 112 valence electrons. The Hall–Kier alpha value is -1.24. The van der Waals surface area contributed by atoms with Crippen LogP contribution < -0.4 is 5.32 Å². The molecule has 1 N–H and O–H groups in total. The van der Waals surface area contributed by atoms with Crippen LogP contribution >= 0.6 is 0 Å². The molecule has 0 aromatic carbocycles. The van der Waals surface area contributed by atoms with Gasteiger partial charge in [-0.1, -0.05) is 32.1 Å². The minimum absolute atomic E-state index is 0.0766. The summed E-state index contributed by atoms with van der Waals surface area (Å²) in [5.41, 5.74) is 0. The average Bonchev–Trinajstić information content (AvgIpc) is 2.88. The molecule has 1 amide bonds. The maximum atomic E-state index is 11.8. The molecule has 1 aromatic rings. The molecule has 1 fully saturated rings. The maximum absolute atomic E-state index is 11.8. The van der Waals surface area contributed by atoms with Gasteiger partial charge in [-0.25, -0.2) is 0 Å². The van der Waals surface area contributed by atoms with Gasteiger partial charge in [-0.2, -0.15) is 0 Å². The maximum Gasteiger partial charge on any atom is 0.240 e. The van der Waals surface area contributed by atoms with Crippen molar-refractivity contribution in [1.29, 1.82) is 0 Å². The second-order valence-corrected chi connectivity index (χ2v) is 6.61. The zero-order chi connectivity index (χ0) is 14.4. The molecule has 0 saturated heterocycles. The molecule has 1 heterocycles. The predicted octanol–water partition coefficient (Wildman–Crippen LogP) is 1.10. The van der Waals surface area contributed by atoms with Crippen molar-refractivity contribution >= 4 is 16.7 Å². The van der Waals surface area contributed by atoms with Gasteiger partial charge < -0.3 is 5.32 Å². The topological polar surface area (TPSA) is 76.9 Å². The number of carbonyl (C=O) groups is 1. The zero-order valence-electron chi connectivity index (χ0n) is 11.9. The number of hydrogen-bond donors (Lipinski definition) is 1. The smallest absolute Gasteiger partial charge is 0.240 e. The van der Waals surface area contributed by atoms with Gasteiger partial charge in [0, 0.05) is 12.8 Å². The molecule has 0 bridgehead atoms. The van der Waals surface area contributed by atoms with E-state index in [0.29, 0.717) is 5.16 Å². The SMILES string of the molecule is C[S@](=O)c1nncn1CC(=O)NCCC1CCCCC1. The number of aromatic nitrogens is 3. The fourth-order valence-electron chi connectivity index (χ4n) is 2.68. The van der Waals surface area contributed by atoms with E-state index in [9.17, 15) is 9.00 Å². The summed E-state index contributed by atoms with van der Waals surface area (Å²) < 4.78 is 12.9. The van der Waals surface area contributed by atoms with E-state index in [1.165, 1.54) is 49.3 Å². The third-order valence-electron chi connectivity index (χ3n) is 3.75. The minimum atomic E-state index is -1.23. The van der Waals surface area contributed by atoms with Gasteiger partial charge in [-0.15, -0.1) is 10.2 Å². The van der Waals surface area contributed by atoms with E-state index in [-0.39, 0.29) is 12.5 Å². The van der Waals surface area contributed by atoms with E-state index < -0.39 is 10.8 Å². The summed E-state index contributed by atoms with van der Waals surface area (Å²) >= 11 is 0. The lowest BCUT2D eigenvalue weighted by Gasteiger charge is -2.21. The van der Waals surface area contributed by atoms with E-state index in [4.69, 9.17) is 0 Å². The fourth-order valence-corrected chi connectivity index (χ4v) is 3.28. The molecule has 6 nitrogen and oxygen atoms in total. The van der Waals surface area contributed by atoms with Crippen molar-refractivity contribution in [3.8, 4) is 0 Å². The molecular formula is C13H22N4O2S. The van der Waals surface area contributed by atoms with E-state index in [1.54, 1.807) is 0 Å². The Balaban J connectivity index is 1.72. The van der Waals surface area contributed by atoms with Gasteiger partial charge in [-0.05, 0) is 12.3 Å². The first-order valence-corrected chi connectivity index (χ1v) is 8.70. The Labute approximate surface area is 121 Å². The van der Waals surface area contributed by atoms with Crippen molar-refractivity contribution in [1.82, 2.24) is 20.1 Å². The molecule has 1 aromatic heterocycles. The van der Waals surface area contributed by atoms with E-state index in [0.717, 1.165) is 18.9 Å². The van der Waals surface area contributed by atoms with Crippen LogP contribution in [0.15, 0.2) is 11.5 Å². The standard InChI is InChI=1S/C13H22N4O2S/c1-20(19)13-16-15-10-17(13)9-12(18)14-8-7-11-5-3-2-4-6-11/h10-11H,2-9H2,1H3,(H,14,18)/t20-/m0/s1. The molecule has 1 aliphatic carbocycles. The van der Waals surface area contributed by atoms with E-state index in [2.05, 4.69) is 15.5 Å². The summed E-state index contributed by atoms with van der Waals surface area (Å²) in [6.45, 7) is 0.850. The quantitative estimate of drug-likeness (QED) is 0.853. The Morgan fingerprint density at radius 2 is 2.20 bits per heavy atom. The first kappa shape index (κ1) is 15.2. The normalized spacial score (nSPS) is 17.9. The molecular weight excluding hydrogens is 276 g/mol. The summed E-state index contributed by atoms with van der Waals surface area (Å²) in [5.74, 6) is 0.685. The molecule has 0 spiro atoms. The molecule has 2 rings (SSSR count). The highest BCUT2D eigenvalue weighted by atomic mass is 32.2. The largest absolute Gasteiger partial charge is 0.355 e. The van der Waals surface area contributed by atoms with E-state index >= 15 is 0 Å². The highest BCUT2D eigenvalue weighted by Crippen LogP contribution is 2.25. The van der Waals surface area contributed by atoms with Gasteiger partial charge in [0.1, 0.15) is 12.9 Å². The molecule has 7 heteroatoms. The van der Waals surface area contributed by atoms with Gasteiger partial charge in [0.2, 0.25) is 11.1 Å². The molecule has 0 unspecified atom stereocenters. The monoisotopic (exact) mass is 298 g/mol. The summed E-state index contributed by atoms with van der Waals surface area (Å²) in [6.07, 6.45) is 10.6. The lowest BCUT2D eigenvalue weighted by atomic mass is 9.87. The number of rotatable bonds is 6. The van der Waals surface area contributed by atoms with Crippen LogP contribution in [0.1, 0.15) is 38.5 Å². The highest BCUT2D eigenvalue weighted by molar-refractivity contribution is 7.84. The van der Waals surface area contributed by atoms with Crippen molar-refractivity contribution < 1.29 is 9.00 Å². The van der Waals surface area contributed by atoms with Gasteiger partial charge in [0.15, 0.2) is 0 Å². The van der Waals surface area contributed by atoms with Crippen LogP contribution in [0, 0.1) is 5.92 Å². The number of hydrogen-bond acceptors (Lipinski definition) is 4. The molecule has 20 heavy (non-hydrogen) atoms. The Bertz CT molecular complexity index is 469. The third kappa shape index (κ3) is 4.40. The average molecular weight is 298 g/mol. The number of carbonyl (C=O) groups excluding carboxylic acids is 1. The molecule has 0 aliphatic heterocycles. The number of nitrogens with zero attached hydrogens (tertiary/aromatic N) is 3. The molecule has 1 aliphatic rings. The lowest BCUT2D eigenvalue weighted by Crippen LogP contribution is -2.30. The first-order chi connectivity index (χ1) is 9.66. The van der Waals surface area contributed by atoms with Gasteiger partial charge in [-0.3, -0.25) is 13.6 Å². The van der Waals surface area contributed by atoms with Crippen LogP contribution in [0.3, 0.4) is 0 Å². The van der Waals surface area contributed by atoms with Crippen LogP contribution in [0.25, 0.3) is 0 Å². The minimum Gasteiger partial charge on any atom is -0.355 e. The Morgan fingerprint density at radius 3 is 2.90 bits per heavy atom. The van der Waals surface area contributed by atoms with Crippen LogP contribution in [0.5, 0.6) is 0 Å². The Kier molecular flexibility index (Phi) is 5.70. The summed E-state index contributed by atoms with van der Waals surface area (Å²) in [6, 6.07) is 0. The fraction of sp³-hybridized carbons (Fsp3) is 0.769. The van der Waals surface area contributed by atoms with Crippen molar-refractivity contribution in [2.75, 3.05) is 12.8 Å². The third-order valence-corrected chi connectivity index (χ3v) is 4.58. The number of amides is 1. The highest BCUT2D eigenvalue weighted by Gasteiger charge is 2.14. The molecule has 1 atom stereocenters. The van der Waals surface area contributed by atoms with Crippen LogP contribution in [-0.4, -0.2) is 37.7 Å². The lowest BCUT2D eigenvalue weighted by molar-refractivity contribution is -0.121. The second-order valence-electron chi connectivity index (χ2n) is 5.34. The van der Waals surface area contributed by atoms with Crippen LogP contribution in [-0.2, 0) is 22.1 Å². The molecule has 1 saturated carbocycles. The van der Waals surface area contributed by atoms with Gasteiger partial charge in [0.25, 0.3) is 0 Å². The van der Waals surface area contributed by atoms with Crippen molar-refractivity contribution in [3.63, 3.8) is 0 Å². The summed E-state index contributed by atoms with van der Waals surface area (Å²) in [7, 11) is -1.23. The van der Waals surface area contributed by atoms with Crippen molar-refractivity contribution in [2.45, 2.75) is 50.2 Å². The Morgan fingerprint density at radius 1 is 1.45 bits per heavy atom. The van der Waals surface area contributed by atoms with Crippen molar-refractivity contribution in [2.24, 2.45) is 5.92 Å². The number of nitrogens with one attached hydrogen (secondary N) is 1. The van der Waals surface area contributed by atoms with Gasteiger partial charge >= 0.3 is 0 Å². The van der Waals surface area contributed by atoms with Crippen LogP contribution in [0.2, 0.25) is 0 Å². The zero-order valence-corrected chi connectivity index (χ0v) is 12.7. The first-order valence-electron chi connectivity index (χ1n) is 7.14. The second kappa shape index (κ2) is 7.52. The van der Waals surface area contributed by atoms with Gasteiger partial charge in [0.05, 0.1) is 10.8 Å². The summed E-state index contributed by atoms with van der Waals surface area (Å²) in [4.78, 5) is 11.8. The van der Waals surface area contributed by atoms with E-state index in [1.807, 2.05) is 0 Å². The summed E-state index contributed by atoms with van der Waals surface area (Å²) in [5, 5.41) is 10.7. The molecule has 0 radical (unpaired) electrons.